The van der Waals surface area contributed by atoms with Crippen molar-refractivity contribution in [2.75, 3.05) is 32.7 Å². The monoisotopic (exact) mass is 481 g/mol. The Labute approximate surface area is 182 Å². The molecule has 1 aliphatic rings. The lowest BCUT2D eigenvalue weighted by Gasteiger charge is -2.31. The van der Waals surface area contributed by atoms with E-state index in [0.717, 1.165) is 43.4 Å². The van der Waals surface area contributed by atoms with Crippen LogP contribution in [0.5, 0.6) is 5.75 Å². The lowest BCUT2D eigenvalue weighted by Crippen LogP contribution is -2.47. The minimum Gasteiger partial charge on any atom is -0.406 e. The van der Waals surface area contributed by atoms with Gasteiger partial charge in [-0.3, -0.25) is 4.90 Å². The standard InChI is InChI=1S/C19H20ClF4N3O3S/c20-16-6-1-13(11-17(16)21)18(12-27-9-7-25-8-10-27)26-31(28,29)15-4-2-14(3-5-15)30-19(22,23)24/h1-6,11,18,25-26H,7-10,12H2/t18-/m0/s1. The van der Waals surface area contributed by atoms with Gasteiger partial charge in [0.1, 0.15) is 11.6 Å². The van der Waals surface area contributed by atoms with E-state index in [1.807, 2.05) is 4.90 Å². The van der Waals surface area contributed by atoms with Gasteiger partial charge >= 0.3 is 6.36 Å². The molecule has 0 spiro atoms. The number of benzene rings is 2. The van der Waals surface area contributed by atoms with Crippen LogP contribution in [0, 0.1) is 5.82 Å². The highest BCUT2D eigenvalue weighted by molar-refractivity contribution is 7.89. The van der Waals surface area contributed by atoms with Crippen LogP contribution in [-0.2, 0) is 10.0 Å². The molecule has 1 aliphatic heterocycles. The molecule has 2 N–H and O–H groups in total. The van der Waals surface area contributed by atoms with E-state index in [0.29, 0.717) is 18.7 Å². The van der Waals surface area contributed by atoms with Crippen molar-refractivity contribution in [1.82, 2.24) is 14.9 Å². The molecule has 0 bridgehead atoms. The third-order valence-electron chi connectivity index (χ3n) is 4.66. The van der Waals surface area contributed by atoms with Gasteiger partial charge in [-0.2, -0.15) is 0 Å². The van der Waals surface area contributed by atoms with E-state index in [-0.39, 0.29) is 16.5 Å². The topological polar surface area (TPSA) is 70.7 Å². The first kappa shape index (κ1) is 23.7. The molecule has 6 nitrogen and oxygen atoms in total. The molecule has 0 radical (unpaired) electrons. The summed E-state index contributed by atoms with van der Waals surface area (Å²) in [5.41, 5.74) is 0.376. The Morgan fingerprint density at radius 1 is 1.13 bits per heavy atom. The summed E-state index contributed by atoms with van der Waals surface area (Å²) < 4.78 is 83.0. The van der Waals surface area contributed by atoms with Gasteiger partial charge in [0.25, 0.3) is 0 Å². The minimum absolute atomic E-state index is 0.0900. The summed E-state index contributed by atoms with van der Waals surface area (Å²) in [7, 11) is -4.13. The summed E-state index contributed by atoms with van der Waals surface area (Å²) in [5, 5.41) is 3.10. The highest BCUT2D eigenvalue weighted by Crippen LogP contribution is 2.26. The molecule has 0 aromatic heterocycles. The maximum absolute atomic E-state index is 14.0. The maximum Gasteiger partial charge on any atom is 0.573 e. The van der Waals surface area contributed by atoms with Crippen molar-refractivity contribution in [3.8, 4) is 5.75 Å². The van der Waals surface area contributed by atoms with E-state index in [1.54, 1.807) is 0 Å². The number of nitrogens with zero attached hydrogens (tertiary/aromatic N) is 1. The van der Waals surface area contributed by atoms with Gasteiger partial charge in [0, 0.05) is 32.7 Å². The molecular formula is C19H20ClF4N3O3S. The summed E-state index contributed by atoms with van der Waals surface area (Å²) >= 11 is 5.74. The Morgan fingerprint density at radius 2 is 1.77 bits per heavy atom. The van der Waals surface area contributed by atoms with Crippen LogP contribution in [0.3, 0.4) is 0 Å². The Kier molecular flexibility index (Phi) is 7.43. The van der Waals surface area contributed by atoms with Gasteiger partial charge in [-0.15, -0.1) is 13.2 Å². The van der Waals surface area contributed by atoms with Gasteiger partial charge in [0.05, 0.1) is 16.0 Å². The molecule has 0 amide bonds. The predicted molar refractivity (Wildman–Crippen MR) is 107 cm³/mol. The fraction of sp³-hybridized carbons (Fsp3) is 0.368. The Hall–Kier alpha value is -1.92. The van der Waals surface area contributed by atoms with Crippen LogP contribution in [-0.4, -0.2) is 52.4 Å². The summed E-state index contributed by atoms with van der Waals surface area (Å²) in [6, 6.07) is 7.07. The Balaban J connectivity index is 1.83. The smallest absolute Gasteiger partial charge is 0.406 e. The van der Waals surface area contributed by atoms with Crippen molar-refractivity contribution in [2.45, 2.75) is 17.3 Å². The normalized spacial score (nSPS) is 16.8. The van der Waals surface area contributed by atoms with E-state index in [4.69, 9.17) is 11.6 Å². The molecule has 31 heavy (non-hydrogen) atoms. The van der Waals surface area contributed by atoms with Crippen LogP contribution in [0.4, 0.5) is 17.6 Å². The number of piperazine rings is 1. The molecule has 1 heterocycles. The van der Waals surface area contributed by atoms with E-state index in [2.05, 4.69) is 14.8 Å². The minimum atomic E-state index is -4.88. The van der Waals surface area contributed by atoms with Crippen LogP contribution >= 0.6 is 11.6 Å². The third-order valence-corrected chi connectivity index (χ3v) is 6.46. The molecule has 12 heteroatoms. The predicted octanol–water partition coefficient (Wildman–Crippen LogP) is 3.30. The molecule has 2 aromatic rings. The molecule has 2 aromatic carbocycles. The zero-order chi connectivity index (χ0) is 22.6. The van der Waals surface area contributed by atoms with Crippen LogP contribution in [0.25, 0.3) is 0 Å². The van der Waals surface area contributed by atoms with Crippen molar-refractivity contribution in [3.63, 3.8) is 0 Å². The van der Waals surface area contributed by atoms with Crippen molar-refractivity contribution in [1.29, 1.82) is 0 Å². The number of hydrogen-bond acceptors (Lipinski definition) is 5. The Morgan fingerprint density at radius 3 is 2.35 bits per heavy atom. The molecular weight excluding hydrogens is 462 g/mol. The summed E-state index contributed by atoms with van der Waals surface area (Å²) in [4.78, 5) is 1.78. The number of ether oxygens (including phenoxy) is 1. The second-order valence-corrected chi connectivity index (χ2v) is 9.04. The third kappa shape index (κ3) is 6.78. The molecule has 3 rings (SSSR count). The van der Waals surface area contributed by atoms with Crippen molar-refractivity contribution in [3.05, 3.63) is 58.9 Å². The van der Waals surface area contributed by atoms with Crippen molar-refractivity contribution in [2.24, 2.45) is 0 Å². The molecule has 1 saturated heterocycles. The van der Waals surface area contributed by atoms with E-state index < -0.39 is 34.0 Å². The average Bonchev–Trinajstić information content (AvgIpc) is 2.69. The molecule has 0 aliphatic carbocycles. The summed E-state index contributed by atoms with van der Waals surface area (Å²) in [6.07, 6.45) is -4.88. The van der Waals surface area contributed by atoms with Crippen LogP contribution in [0.2, 0.25) is 5.02 Å². The van der Waals surface area contributed by atoms with Gasteiger partial charge in [-0.05, 0) is 42.0 Å². The van der Waals surface area contributed by atoms with Gasteiger partial charge in [-0.25, -0.2) is 17.5 Å². The SMILES string of the molecule is O=S(=O)(N[C@@H](CN1CCNCC1)c1ccc(Cl)c(F)c1)c1ccc(OC(F)(F)F)cc1. The number of alkyl halides is 3. The average molecular weight is 482 g/mol. The van der Waals surface area contributed by atoms with Crippen molar-refractivity contribution >= 4 is 21.6 Å². The lowest BCUT2D eigenvalue weighted by atomic mass is 10.1. The number of halogens is 5. The molecule has 1 fully saturated rings. The quantitative estimate of drug-likeness (QED) is 0.594. The molecule has 1 atom stereocenters. The van der Waals surface area contributed by atoms with Gasteiger partial charge < -0.3 is 10.1 Å². The summed E-state index contributed by atoms with van der Waals surface area (Å²) in [6.45, 7) is 3.09. The largest absolute Gasteiger partial charge is 0.573 e. The highest BCUT2D eigenvalue weighted by atomic mass is 35.5. The second-order valence-electron chi connectivity index (χ2n) is 6.92. The fourth-order valence-electron chi connectivity index (χ4n) is 3.17. The number of hydrogen-bond donors (Lipinski definition) is 2. The first-order valence-electron chi connectivity index (χ1n) is 9.30. The highest BCUT2D eigenvalue weighted by Gasteiger charge is 2.31. The molecule has 0 saturated carbocycles. The number of rotatable bonds is 7. The fourth-order valence-corrected chi connectivity index (χ4v) is 4.50. The summed E-state index contributed by atoms with van der Waals surface area (Å²) in [5.74, 6) is -1.22. The van der Waals surface area contributed by atoms with Crippen LogP contribution in [0.1, 0.15) is 11.6 Å². The van der Waals surface area contributed by atoms with Crippen molar-refractivity contribution < 1.29 is 30.7 Å². The molecule has 170 valence electrons. The number of nitrogens with one attached hydrogen (secondary N) is 2. The molecule has 0 unspecified atom stereocenters. The first-order valence-corrected chi connectivity index (χ1v) is 11.2. The van der Waals surface area contributed by atoms with Crippen LogP contribution in [0.15, 0.2) is 47.4 Å². The van der Waals surface area contributed by atoms with Gasteiger partial charge in [-0.1, -0.05) is 17.7 Å². The van der Waals surface area contributed by atoms with Crippen LogP contribution < -0.4 is 14.8 Å². The maximum atomic E-state index is 14.0. The lowest BCUT2D eigenvalue weighted by molar-refractivity contribution is -0.274. The van der Waals surface area contributed by atoms with E-state index in [1.165, 1.54) is 12.1 Å². The number of sulfonamides is 1. The Bertz CT molecular complexity index is 997. The zero-order valence-corrected chi connectivity index (χ0v) is 17.7. The first-order chi connectivity index (χ1) is 14.5. The van der Waals surface area contributed by atoms with E-state index >= 15 is 0 Å². The zero-order valence-electron chi connectivity index (χ0n) is 16.1. The second kappa shape index (κ2) is 9.70. The van der Waals surface area contributed by atoms with Gasteiger partial charge in [0.2, 0.25) is 10.0 Å². The van der Waals surface area contributed by atoms with E-state index in [9.17, 15) is 26.0 Å². The van der Waals surface area contributed by atoms with Gasteiger partial charge in [0.15, 0.2) is 0 Å².